The molecule has 0 saturated heterocycles. The number of carboxylic acid groups (broad SMARTS) is 1. The number of nitrogens with one attached hydrogen (secondary N) is 3. The number of nitrogens with zero attached hydrogens (tertiary/aromatic N) is 3. The summed E-state index contributed by atoms with van der Waals surface area (Å²) in [5, 5.41) is 28.9. The van der Waals surface area contributed by atoms with Crippen molar-refractivity contribution in [3.63, 3.8) is 0 Å². The number of rotatable bonds is 7. The SMILES string of the molecule is CC(=O)Nc1ccc(Nc2ncc([N+](=O)[O-])c(Nc3ccccc3C(=O)O)n2)cc1. The Kier molecular flexibility index (Phi) is 5.82. The van der Waals surface area contributed by atoms with Gasteiger partial charge in [-0.25, -0.2) is 9.78 Å². The first kappa shape index (κ1) is 20.2. The van der Waals surface area contributed by atoms with Crippen LogP contribution in [0.5, 0.6) is 0 Å². The third-order valence-electron chi connectivity index (χ3n) is 3.84. The fraction of sp³-hybridized carbons (Fsp3) is 0.0526. The first-order valence-corrected chi connectivity index (χ1v) is 8.59. The first-order chi connectivity index (χ1) is 14.3. The number of hydrogen-bond donors (Lipinski definition) is 4. The largest absolute Gasteiger partial charge is 0.478 e. The molecule has 0 bridgehead atoms. The van der Waals surface area contributed by atoms with Gasteiger partial charge in [-0.2, -0.15) is 4.98 Å². The van der Waals surface area contributed by atoms with E-state index in [-0.39, 0.29) is 28.9 Å². The van der Waals surface area contributed by atoms with Crippen LogP contribution in [0, 0.1) is 10.1 Å². The lowest BCUT2D eigenvalue weighted by atomic mass is 10.2. The van der Waals surface area contributed by atoms with Crippen LogP contribution in [0.15, 0.2) is 54.7 Å². The minimum Gasteiger partial charge on any atom is -0.478 e. The molecule has 0 aliphatic carbocycles. The predicted octanol–water partition coefficient (Wildman–Crippen LogP) is 3.53. The van der Waals surface area contributed by atoms with Gasteiger partial charge >= 0.3 is 11.7 Å². The second-order valence-electron chi connectivity index (χ2n) is 6.04. The number of aromatic carboxylic acids is 1. The Morgan fingerprint density at radius 3 is 2.33 bits per heavy atom. The number of aromatic nitrogens is 2. The molecule has 0 unspecified atom stereocenters. The third kappa shape index (κ3) is 4.84. The molecule has 0 saturated carbocycles. The number of para-hydroxylation sites is 1. The highest BCUT2D eigenvalue weighted by Crippen LogP contribution is 2.28. The van der Waals surface area contributed by atoms with E-state index in [9.17, 15) is 24.8 Å². The molecule has 0 fully saturated rings. The molecule has 30 heavy (non-hydrogen) atoms. The lowest BCUT2D eigenvalue weighted by Gasteiger charge is -2.11. The average molecular weight is 408 g/mol. The molecule has 152 valence electrons. The van der Waals surface area contributed by atoms with Gasteiger partial charge in [0.1, 0.15) is 6.20 Å². The third-order valence-corrected chi connectivity index (χ3v) is 3.84. The maximum absolute atomic E-state index is 11.4. The zero-order chi connectivity index (χ0) is 21.7. The molecule has 1 amide bonds. The molecule has 0 aliphatic rings. The van der Waals surface area contributed by atoms with Gasteiger partial charge in [0.25, 0.3) is 0 Å². The summed E-state index contributed by atoms with van der Waals surface area (Å²) in [5.74, 6) is -1.50. The molecule has 1 heterocycles. The van der Waals surface area contributed by atoms with E-state index in [1.807, 2.05) is 0 Å². The summed E-state index contributed by atoms with van der Waals surface area (Å²) in [6, 6.07) is 12.6. The van der Waals surface area contributed by atoms with Crippen molar-refractivity contribution >= 4 is 46.4 Å². The number of hydrogen-bond acceptors (Lipinski definition) is 8. The van der Waals surface area contributed by atoms with E-state index in [1.54, 1.807) is 36.4 Å². The number of carboxylic acids is 1. The number of amides is 1. The topological polar surface area (TPSA) is 159 Å². The average Bonchev–Trinajstić information content (AvgIpc) is 2.69. The Hall–Kier alpha value is -4.54. The molecular formula is C19H16N6O5. The van der Waals surface area contributed by atoms with Gasteiger partial charge in [-0.1, -0.05) is 12.1 Å². The van der Waals surface area contributed by atoms with Crippen molar-refractivity contribution < 1.29 is 19.6 Å². The number of nitro groups is 1. The highest BCUT2D eigenvalue weighted by Gasteiger charge is 2.20. The van der Waals surface area contributed by atoms with E-state index in [0.29, 0.717) is 11.4 Å². The van der Waals surface area contributed by atoms with Gasteiger partial charge in [0.15, 0.2) is 0 Å². The van der Waals surface area contributed by atoms with Gasteiger partial charge < -0.3 is 21.1 Å². The maximum atomic E-state index is 11.4. The highest BCUT2D eigenvalue weighted by atomic mass is 16.6. The van der Waals surface area contributed by atoms with Crippen molar-refractivity contribution in [2.75, 3.05) is 16.0 Å². The fourth-order valence-corrected chi connectivity index (χ4v) is 2.54. The number of carbonyl (C=O) groups excluding carboxylic acids is 1. The standard InChI is InChI=1S/C19H16N6O5/c1-11(26)21-12-6-8-13(9-7-12)22-19-20-10-16(25(29)30)17(24-19)23-15-5-3-2-4-14(15)18(27)28/h2-10H,1H3,(H,21,26)(H,27,28)(H2,20,22,23,24). The van der Waals surface area contributed by atoms with Crippen LogP contribution in [-0.4, -0.2) is 31.9 Å². The molecule has 0 aliphatic heterocycles. The summed E-state index contributed by atoms with van der Waals surface area (Å²) < 4.78 is 0. The van der Waals surface area contributed by atoms with Crippen LogP contribution in [0.4, 0.5) is 34.5 Å². The fourth-order valence-electron chi connectivity index (χ4n) is 2.54. The smallest absolute Gasteiger partial charge is 0.337 e. The molecule has 11 heteroatoms. The van der Waals surface area contributed by atoms with Crippen LogP contribution in [0.3, 0.4) is 0 Å². The normalized spacial score (nSPS) is 10.2. The van der Waals surface area contributed by atoms with E-state index >= 15 is 0 Å². The molecule has 4 N–H and O–H groups in total. The van der Waals surface area contributed by atoms with Crippen molar-refractivity contribution in [3.05, 3.63) is 70.4 Å². The van der Waals surface area contributed by atoms with E-state index < -0.39 is 16.6 Å². The number of benzene rings is 2. The van der Waals surface area contributed by atoms with Crippen LogP contribution >= 0.6 is 0 Å². The Morgan fingerprint density at radius 2 is 1.70 bits per heavy atom. The lowest BCUT2D eigenvalue weighted by Crippen LogP contribution is -2.08. The van der Waals surface area contributed by atoms with Crippen molar-refractivity contribution in [3.8, 4) is 0 Å². The quantitative estimate of drug-likeness (QED) is 0.339. The molecule has 11 nitrogen and oxygen atoms in total. The van der Waals surface area contributed by atoms with Gasteiger partial charge in [0.2, 0.25) is 17.7 Å². The van der Waals surface area contributed by atoms with E-state index in [1.165, 1.54) is 19.1 Å². The Labute approximate surface area is 169 Å². The second kappa shape index (κ2) is 8.65. The van der Waals surface area contributed by atoms with Gasteiger partial charge in [0, 0.05) is 18.3 Å². The van der Waals surface area contributed by atoms with Crippen LogP contribution in [-0.2, 0) is 4.79 Å². The summed E-state index contributed by atoms with van der Waals surface area (Å²) in [5.41, 5.74) is 0.854. The van der Waals surface area contributed by atoms with E-state index in [0.717, 1.165) is 6.20 Å². The zero-order valence-corrected chi connectivity index (χ0v) is 15.6. The molecule has 3 rings (SSSR count). The summed E-state index contributed by atoms with van der Waals surface area (Å²) in [6.07, 6.45) is 1.02. The van der Waals surface area contributed by atoms with Gasteiger partial charge in [0.05, 0.1) is 16.2 Å². The monoisotopic (exact) mass is 408 g/mol. The minimum atomic E-state index is -1.19. The van der Waals surface area contributed by atoms with Crippen LogP contribution < -0.4 is 16.0 Å². The Bertz CT molecular complexity index is 1120. The van der Waals surface area contributed by atoms with Crippen molar-refractivity contribution in [2.45, 2.75) is 6.92 Å². The molecule has 1 aromatic heterocycles. The molecular weight excluding hydrogens is 392 g/mol. The lowest BCUT2D eigenvalue weighted by molar-refractivity contribution is -0.384. The van der Waals surface area contributed by atoms with Crippen molar-refractivity contribution in [2.24, 2.45) is 0 Å². The molecule has 0 radical (unpaired) electrons. The van der Waals surface area contributed by atoms with E-state index in [2.05, 4.69) is 25.9 Å². The minimum absolute atomic E-state index is 0.0585. The first-order valence-electron chi connectivity index (χ1n) is 8.59. The van der Waals surface area contributed by atoms with Crippen molar-refractivity contribution in [1.29, 1.82) is 0 Å². The molecule has 2 aromatic carbocycles. The highest BCUT2D eigenvalue weighted by molar-refractivity contribution is 5.95. The van der Waals surface area contributed by atoms with Crippen LogP contribution in [0.25, 0.3) is 0 Å². The molecule has 0 atom stereocenters. The van der Waals surface area contributed by atoms with Crippen LogP contribution in [0.2, 0.25) is 0 Å². The number of anilines is 5. The predicted molar refractivity (Wildman–Crippen MR) is 109 cm³/mol. The maximum Gasteiger partial charge on any atom is 0.337 e. The zero-order valence-electron chi connectivity index (χ0n) is 15.6. The Morgan fingerprint density at radius 1 is 1.03 bits per heavy atom. The molecule has 0 spiro atoms. The van der Waals surface area contributed by atoms with Gasteiger partial charge in [-0.3, -0.25) is 14.9 Å². The summed E-state index contributed by atoms with van der Waals surface area (Å²) in [4.78, 5) is 41.2. The van der Waals surface area contributed by atoms with Crippen LogP contribution in [0.1, 0.15) is 17.3 Å². The molecule has 3 aromatic rings. The van der Waals surface area contributed by atoms with Crippen molar-refractivity contribution in [1.82, 2.24) is 9.97 Å². The summed E-state index contributed by atoms with van der Waals surface area (Å²) in [7, 11) is 0. The van der Waals surface area contributed by atoms with Gasteiger partial charge in [-0.05, 0) is 36.4 Å². The summed E-state index contributed by atoms with van der Waals surface area (Å²) >= 11 is 0. The summed E-state index contributed by atoms with van der Waals surface area (Å²) in [6.45, 7) is 1.40. The second-order valence-corrected chi connectivity index (χ2v) is 6.04. The van der Waals surface area contributed by atoms with E-state index in [4.69, 9.17) is 0 Å². The Balaban J connectivity index is 1.89. The van der Waals surface area contributed by atoms with Gasteiger partial charge in [-0.15, -0.1) is 0 Å². The number of carbonyl (C=O) groups is 2.